The van der Waals surface area contributed by atoms with Crippen LogP contribution >= 0.6 is 11.6 Å². The van der Waals surface area contributed by atoms with Crippen molar-refractivity contribution in [3.8, 4) is 0 Å². The van der Waals surface area contributed by atoms with Crippen LogP contribution in [0.2, 0.25) is 5.15 Å². The van der Waals surface area contributed by atoms with Gasteiger partial charge in [0.2, 0.25) is 5.95 Å². The molecule has 1 aliphatic rings. The first-order valence-corrected chi connectivity index (χ1v) is 5.79. The van der Waals surface area contributed by atoms with Gasteiger partial charge in [0.25, 0.3) is 0 Å². The summed E-state index contributed by atoms with van der Waals surface area (Å²) in [7, 11) is 0. The standard InChI is InChI=1S/C11H16ClN3/c1-8-3-5-15(6-4-8)11-13-9(2)7-10(12)14-11/h7-8H,3-6H2,1-2H3. The highest BCUT2D eigenvalue weighted by atomic mass is 35.5. The van der Waals surface area contributed by atoms with Gasteiger partial charge in [-0.1, -0.05) is 18.5 Å². The summed E-state index contributed by atoms with van der Waals surface area (Å²) in [5.41, 5.74) is 0.934. The van der Waals surface area contributed by atoms with E-state index in [1.54, 1.807) is 6.07 Å². The normalized spacial score (nSPS) is 18.2. The highest BCUT2D eigenvalue weighted by molar-refractivity contribution is 6.29. The summed E-state index contributed by atoms with van der Waals surface area (Å²) in [4.78, 5) is 10.9. The maximum absolute atomic E-state index is 5.92. The molecule has 3 nitrogen and oxygen atoms in total. The van der Waals surface area contributed by atoms with Crippen molar-refractivity contribution in [2.24, 2.45) is 5.92 Å². The van der Waals surface area contributed by atoms with E-state index in [-0.39, 0.29) is 0 Å². The Morgan fingerprint density at radius 1 is 1.33 bits per heavy atom. The van der Waals surface area contributed by atoms with Gasteiger partial charge in [-0.25, -0.2) is 9.97 Å². The number of rotatable bonds is 1. The lowest BCUT2D eigenvalue weighted by Gasteiger charge is -2.30. The molecular formula is C11H16ClN3. The lowest BCUT2D eigenvalue weighted by atomic mass is 10.00. The second kappa shape index (κ2) is 4.35. The molecule has 0 aromatic carbocycles. The molecule has 4 heteroatoms. The van der Waals surface area contributed by atoms with E-state index in [2.05, 4.69) is 21.8 Å². The third-order valence-corrected chi connectivity index (χ3v) is 3.07. The van der Waals surface area contributed by atoms with Crippen LogP contribution in [0.4, 0.5) is 5.95 Å². The fourth-order valence-corrected chi connectivity index (χ4v) is 2.10. The Kier molecular flexibility index (Phi) is 3.10. The predicted octanol–water partition coefficient (Wildman–Crippen LogP) is 2.67. The van der Waals surface area contributed by atoms with Gasteiger partial charge >= 0.3 is 0 Å². The Bertz CT molecular complexity index is 325. The smallest absolute Gasteiger partial charge is 0.226 e. The summed E-state index contributed by atoms with van der Waals surface area (Å²) in [5.74, 6) is 1.61. The maximum Gasteiger partial charge on any atom is 0.226 e. The van der Waals surface area contributed by atoms with Gasteiger partial charge < -0.3 is 4.90 Å². The minimum atomic E-state index is 0.538. The van der Waals surface area contributed by atoms with Gasteiger partial charge in [-0.15, -0.1) is 0 Å². The molecule has 0 saturated carbocycles. The summed E-state index contributed by atoms with van der Waals surface area (Å²) >= 11 is 5.92. The van der Waals surface area contributed by atoms with Gasteiger partial charge in [0.15, 0.2) is 0 Å². The first kappa shape index (κ1) is 10.7. The van der Waals surface area contributed by atoms with Gasteiger partial charge in [0, 0.05) is 18.8 Å². The summed E-state index contributed by atoms with van der Waals surface area (Å²) in [6.07, 6.45) is 2.43. The molecule has 1 aromatic heterocycles. The van der Waals surface area contributed by atoms with Crippen LogP contribution in [0.5, 0.6) is 0 Å². The third-order valence-electron chi connectivity index (χ3n) is 2.88. The lowest BCUT2D eigenvalue weighted by molar-refractivity contribution is 0.434. The van der Waals surface area contributed by atoms with E-state index in [1.807, 2.05) is 6.92 Å². The van der Waals surface area contributed by atoms with Gasteiger partial charge in [0.05, 0.1) is 0 Å². The van der Waals surface area contributed by atoms with E-state index >= 15 is 0 Å². The molecule has 0 aliphatic carbocycles. The summed E-state index contributed by atoms with van der Waals surface area (Å²) in [6.45, 7) is 6.33. The van der Waals surface area contributed by atoms with Gasteiger partial charge in [-0.2, -0.15) is 0 Å². The quantitative estimate of drug-likeness (QED) is 0.689. The minimum Gasteiger partial charge on any atom is -0.341 e. The van der Waals surface area contributed by atoms with Gasteiger partial charge in [-0.3, -0.25) is 0 Å². The Labute approximate surface area is 95.5 Å². The van der Waals surface area contributed by atoms with Crippen LogP contribution in [-0.4, -0.2) is 23.1 Å². The molecule has 0 atom stereocenters. The number of hydrogen-bond acceptors (Lipinski definition) is 3. The van der Waals surface area contributed by atoms with Crippen molar-refractivity contribution in [2.75, 3.05) is 18.0 Å². The molecule has 0 radical (unpaired) electrons. The van der Waals surface area contributed by atoms with Crippen molar-refractivity contribution in [3.05, 3.63) is 16.9 Å². The highest BCUT2D eigenvalue weighted by Gasteiger charge is 2.18. The van der Waals surface area contributed by atoms with Crippen molar-refractivity contribution in [3.63, 3.8) is 0 Å². The average Bonchev–Trinajstić information content (AvgIpc) is 2.17. The van der Waals surface area contributed by atoms with E-state index in [1.165, 1.54) is 12.8 Å². The number of aryl methyl sites for hydroxylation is 1. The van der Waals surface area contributed by atoms with Crippen molar-refractivity contribution in [1.82, 2.24) is 9.97 Å². The minimum absolute atomic E-state index is 0.538. The van der Waals surface area contributed by atoms with E-state index in [9.17, 15) is 0 Å². The number of anilines is 1. The molecular weight excluding hydrogens is 210 g/mol. The second-order valence-corrected chi connectivity index (χ2v) is 4.69. The largest absolute Gasteiger partial charge is 0.341 e. The van der Waals surface area contributed by atoms with Crippen molar-refractivity contribution >= 4 is 17.5 Å². The molecule has 2 rings (SSSR count). The van der Waals surface area contributed by atoms with Crippen LogP contribution in [0.15, 0.2) is 6.07 Å². The molecule has 0 unspecified atom stereocenters. The molecule has 0 bridgehead atoms. The van der Waals surface area contributed by atoms with Crippen molar-refractivity contribution in [2.45, 2.75) is 26.7 Å². The first-order chi connectivity index (χ1) is 7.15. The van der Waals surface area contributed by atoms with Crippen LogP contribution in [0.1, 0.15) is 25.5 Å². The van der Waals surface area contributed by atoms with Gasteiger partial charge in [0.1, 0.15) is 5.15 Å². The Hall–Kier alpha value is -0.830. The third kappa shape index (κ3) is 2.59. The predicted molar refractivity (Wildman–Crippen MR) is 62.4 cm³/mol. The Morgan fingerprint density at radius 2 is 2.00 bits per heavy atom. The molecule has 15 heavy (non-hydrogen) atoms. The van der Waals surface area contributed by atoms with Crippen LogP contribution in [0.25, 0.3) is 0 Å². The van der Waals surface area contributed by atoms with E-state index < -0.39 is 0 Å². The molecule has 1 aromatic rings. The zero-order valence-corrected chi connectivity index (χ0v) is 9.96. The van der Waals surface area contributed by atoms with E-state index in [4.69, 9.17) is 11.6 Å². The van der Waals surface area contributed by atoms with Crippen LogP contribution in [0.3, 0.4) is 0 Å². The lowest BCUT2D eigenvalue weighted by Crippen LogP contribution is -2.34. The first-order valence-electron chi connectivity index (χ1n) is 5.41. The number of aromatic nitrogens is 2. The van der Waals surface area contributed by atoms with E-state index in [0.717, 1.165) is 30.6 Å². The highest BCUT2D eigenvalue weighted by Crippen LogP contribution is 2.21. The maximum atomic E-state index is 5.92. The van der Waals surface area contributed by atoms with Crippen molar-refractivity contribution < 1.29 is 0 Å². The number of piperidine rings is 1. The fourth-order valence-electron chi connectivity index (χ4n) is 1.87. The molecule has 0 spiro atoms. The fraction of sp³-hybridized carbons (Fsp3) is 0.636. The van der Waals surface area contributed by atoms with E-state index in [0.29, 0.717) is 5.15 Å². The average molecular weight is 226 g/mol. The molecule has 1 aliphatic heterocycles. The topological polar surface area (TPSA) is 29.0 Å². The van der Waals surface area contributed by atoms with Crippen molar-refractivity contribution in [1.29, 1.82) is 0 Å². The molecule has 0 N–H and O–H groups in total. The van der Waals surface area contributed by atoms with Crippen LogP contribution in [0, 0.1) is 12.8 Å². The zero-order valence-electron chi connectivity index (χ0n) is 9.20. The summed E-state index contributed by atoms with van der Waals surface area (Å²) in [5, 5.41) is 0.538. The summed E-state index contributed by atoms with van der Waals surface area (Å²) < 4.78 is 0. The Morgan fingerprint density at radius 3 is 2.60 bits per heavy atom. The number of hydrogen-bond donors (Lipinski definition) is 0. The monoisotopic (exact) mass is 225 g/mol. The zero-order chi connectivity index (χ0) is 10.8. The molecule has 1 fully saturated rings. The second-order valence-electron chi connectivity index (χ2n) is 4.30. The van der Waals surface area contributed by atoms with Crippen LogP contribution < -0.4 is 4.90 Å². The Balaban J connectivity index is 2.15. The van der Waals surface area contributed by atoms with Crippen LogP contribution in [-0.2, 0) is 0 Å². The summed E-state index contributed by atoms with van der Waals surface area (Å²) in [6, 6.07) is 1.79. The number of halogens is 1. The number of nitrogens with zero attached hydrogens (tertiary/aromatic N) is 3. The molecule has 1 saturated heterocycles. The molecule has 82 valence electrons. The van der Waals surface area contributed by atoms with Gasteiger partial charge in [-0.05, 0) is 31.7 Å². The molecule has 0 amide bonds. The SMILES string of the molecule is Cc1cc(Cl)nc(N2CCC(C)CC2)n1. The molecule has 2 heterocycles.